The van der Waals surface area contributed by atoms with E-state index >= 15 is 0 Å². The number of nitrogens with zero attached hydrogens (tertiary/aromatic N) is 3. The molecule has 2 aromatic heterocycles. The van der Waals surface area contributed by atoms with E-state index in [-0.39, 0.29) is 15.0 Å². The van der Waals surface area contributed by atoms with E-state index in [0.29, 0.717) is 20.2 Å². The number of aromatic amines is 1. The van der Waals surface area contributed by atoms with E-state index in [1.54, 1.807) is 6.07 Å². The maximum absolute atomic E-state index is 12.7. The average molecular weight is 343 g/mol. The summed E-state index contributed by atoms with van der Waals surface area (Å²) in [6.45, 7) is 0. The zero-order chi connectivity index (χ0) is 14.2. The summed E-state index contributed by atoms with van der Waals surface area (Å²) in [5.74, 6) is 0. The van der Waals surface area contributed by atoms with E-state index in [1.807, 2.05) is 0 Å². The standard InChI is InChI=1S/C12H7F3N4Se/c13-12(14,15)7-2-1-3-8(4-7)20-11-9-10(17-5-16-9)18-6-19-11/h1-6H,(H,16,17,18,19). The summed E-state index contributed by atoms with van der Waals surface area (Å²) < 4.78 is 39.3. The number of imidazole rings is 1. The first-order valence-electron chi connectivity index (χ1n) is 5.53. The number of aromatic nitrogens is 4. The molecule has 20 heavy (non-hydrogen) atoms. The van der Waals surface area contributed by atoms with Crippen LogP contribution in [0.3, 0.4) is 0 Å². The average Bonchev–Trinajstić information content (AvgIpc) is 2.87. The van der Waals surface area contributed by atoms with Crippen molar-refractivity contribution in [2.45, 2.75) is 6.18 Å². The van der Waals surface area contributed by atoms with Gasteiger partial charge in [0.05, 0.1) is 0 Å². The van der Waals surface area contributed by atoms with Crippen molar-refractivity contribution < 1.29 is 13.2 Å². The van der Waals surface area contributed by atoms with Crippen LogP contribution in [0.5, 0.6) is 0 Å². The van der Waals surface area contributed by atoms with E-state index in [9.17, 15) is 13.2 Å². The molecule has 0 amide bonds. The zero-order valence-corrected chi connectivity index (χ0v) is 11.6. The molecule has 0 spiro atoms. The molecule has 0 unspecified atom stereocenters. The van der Waals surface area contributed by atoms with Gasteiger partial charge in [-0.1, -0.05) is 0 Å². The fourth-order valence-electron chi connectivity index (χ4n) is 1.67. The number of nitrogens with one attached hydrogen (secondary N) is 1. The minimum absolute atomic E-state index is 0.352. The van der Waals surface area contributed by atoms with Crippen molar-refractivity contribution in [1.82, 2.24) is 19.9 Å². The van der Waals surface area contributed by atoms with E-state index in [0.717, 1.165) is 12.1 Å². The third-order valence-electron chi connectivity index (χ3n) is 2.56. The number of fused-ring (bicyclic) bond motifs is 1. The Bertz CT molecular complexity index is 754. The molecule has 3 aromatic rings. The van der Waals surface area contributed by atoms with Gasteiger partial charge in [0.25, 0.3) is 0 Å². The molecule has 3 rings (SSSR count). The second kappa shape index (κ2) is 4.88. The number of hydrogen-bond donors (Lipinski definition) is 1. The van der Waals surface area contributed by atoms with Gasteiger partial charge in [-0.3, -0.25) is 0 Å². The Morgan fingerprint density at radius 1 is 1.10 bits per heavy atom. The van der Waals surface area contributed by atoms with Crippen molar-refractivity contribution in [1.29, 1.82) is 0 Å². The van der Waals surface area contributed by atoms with Gasteiger partial charge in [-0.25, -0.2) is 0 Å². The van der Waals surface area contributed by atoms with Crippen molar-refractivity contribution in [2.24, 2.45) is 0 Å². The van der Waals surface area contributed by atoms with E-state index < -0.39 is 11.7 Å². The van der Waals surface area contributed by atoms with Crippen LogP contribution in [0.2, 0.25) is 0 Å². The summed E-state index contributed by atoms with van der Waals surface area (Å²) in [6.07, 6.45) is -1.47. The Balaban J connectivity index is 1.97. The monoisotopic (exact) mass is 344 g/mol. The number of benzene rings is 1. The van der Waals surface area contributed by atoms with Crippen LogP contribution in [0, 0.1) is 0 Å². The number of H-pyrrole nitrogens is 1. The summed E-state index contributed by atoms with van der Waals surface area (Å²) in [7, 11) is 0. The Morgan fingerprint density at radius 2 is 1.95 bits per heavy atom. The third-order valence-corrected chi connectivity index (χ3v) is 4.65. The first-order valence-corrected chi connectivity index (χ1v) is 7.24. The second-order valence-electron chi connectivity index (χ2n) is 3.91. The van der Waals surface area contributed by atoms with Gasteiger partial charge in [-0.15, -0.1) is 0 Å². The van der Waals surface area contributed by atoms with Gasteiger partial charge >= 0.3 is 117 Å². The van der Waals surface area contributed by atoms with E-state index in [2.05, 4.69) is 19.9 Å². The predicted molar refractivity (Wildman–Crippen MR) is 68.1 cm³/mol. The van der Waals surface area contributed by atoms with Gasteiger partial charge in [0.1, 0.15) is 0 Å². The molecule has 0 aliphatic rings. The van der Waals surface area contributed by atoms with Gasteiger partial charge in [0, 0.05) is 0 Å². The van der Waals surface area contributed by atoms with Crippen LogP contribution in [0.15, 0.2) is 36.9 Å². The fourth-order valence-corrected chi connectivity index (χ4v) is 3.57. The van der Waals surface area contributed by atoms with Crippen LogP contribution in [0.1, 0.15) is 5.56 Å². The van der Waals surface area contributed by atoms with E-state index in [4.69, 9.17) is 0 Å². The molecule has 0 fully saturated rings. The quantitative estimate of drug-likeness (QED) is 0.707. The Kier molecular flexibility index (Phi) is 3.19. The second-order valence-corrected chi connectivity index (χ2v) is 6.14. The molecule has 0 radical (unpaired) electrons. The molecule has 8 heteroatoms. The van der Waals surface area contributed by atoms with Gasteiger partial charge in [0.15, 0.2) is 0 Å². The first-order chi connectivity index (χ1) is 9.54. The summed E-state index contributed by atoms with van der Waals surface area (Å²) in [4.78, 5) is 15.0. The van der Waals surface area contributed by atoms with Crippen molar-refractivity contribution in [3.8, 4) is 0 Å². The number of hydrogen-bond acceptors (Lipinski definition) is 3. The Labute approximate surface area is 117 Å². The number of halogens is 3. The van der Waals surface area contributed by atoms with Gasteiger partial charge in [0.2, 0.25) is 0 Å². The zero-order valence-electron chi connectivity index (χ0n) is 9.85. The van der Waals surface area contributed by atoms with Crippen LogP contribution in [0.4, 0.5) is 13.2 Å². The number of rotatable bonds is 2. The van der Waals surface area contributed by atoms with Crippen LogP contribution >= 0.6 is 0 Å². The van der Waals surface area contributed by atoms with Crippen LogP contribution in [-0.4, -0.2) is 34.9 Å². The summed E-state index contributed by atoms with van der Waals surface area (Å²) in [5.41, 5.74) is 0.542. The molecule has 2 heterocycles. The van der Waals surface area contributed by atoms with Crippen molar-refractivity contribution in [3.63, 3.8) is 0 Å². The Morgan fingerprint density at radius 3 is 2.75 bits per heavy atom. The van der Waals surface area contributed by atoms with Crippen LogP contribution in [0.25, 0.3) is 11.2 Å². The molecular formula is C12H7F3N4Se. The molecule has 0 saturated carbocycles. The maximum atomic E-state index is 12.7. The molecular weight excluding hydrogens is 336 g/mol. The topological polar surface area (TPSA) is 54.5 Å². The normalized spacial score (nSPS) is 11.9. The van der Waals surface area contributed by atoms with Gasteiger partial charge in [-0.2, -0.15) is 0 Å². The van der Waals surface area contributed by atoms with Crippen LogP contribution in [-0.2, 0) is 6.18 Å². The van der Waals surface area contributed by atoms with E-state index in [1.165, 1.54) is 18.7 Å². The molecule has 1 N–H and O–H groups in total. The molecule has 0 saturated heterocycles. The molecule has 102 valence electrons. The number of alkyl halides is 3. The van der Waals surface area contributed by atoms with Crippen molar-refractivity contribution in [3.05, 3.63) is 42.5 Å². The minimum atomic E-state index is -4.33. The Hall–Kier alpha value is -1.92. The molecule has 1 aromatic carbocycles. The summed E-state index contributed by atoms with van der Waals surface area (Å²) >= 11 is -0.352. The van der Waals surface area contributed by atoms with Crippen LogP contribution < -0.4 is 9.05 Å². The predicted octanol–water partition coefficient (Wildman–Crippen LogP) is 1.03. The first kappa shape index (κ1) is 13.1. The molecule has 0 aliphatic carbocycles. The third kappa shape index (κ3) is 2.52. The SMILES string of the molecule is FC(F)(F)c1cccc([Se]c2ncnc3nc[nH]c23)c1. The van der Waals surface area contributed by atoms with Gasteiger partial charge < -0.3 is 0 Å². The molecule has 4 nitrogen and oxygen atoms in total. The summed E-state index contributed by atoms with van der Waals surface area (Å²) in [5, 5.41) is 0. The van der Waals surface area contributed by atoms with Gasteiger partial charge in [-0.05, 0) is 0 Å². The molecule has 0 bridgehead atoms. The molecule has 0 aliphatic heterocycles. The summed E-state index contributed by atoms with van der Waals surface area (Å²) in [6, 6.07) is 5.29. The van der Waals surface area contributed by atoms with Crippen molar-refractivity contribution >= 4 is 35.2 Å². The fraction of sp³-hybridized carbons (Fsp3) is 0.0833. The molecule has 0 atom stereocenters. The van der Waals surface area contributed by atoms with Crippen molar-refractivity contribution in [2.75, 3.05) is 0 Å².